The average Bonchev–Trinajstić information content (AvgIpc) is 2.24. The Hall–Kier alpha value is -0.560. The molecule has 1 aliphatic carbocycles. The second-order valence-electron chi connectivity index (χ2n) is 5.28. The molecule has 2 atom stereocenters. The molecule has 0 aromatic heterocycles. The van der Waals surface area contributed by atoms with Gasteiger partial charge >= 0.3 is 0 Å². The summed E-state index contributed by atoms with van der Waals surface area (Å²) in [7, 11) is 0. The van der Waals surface area contributed by atoms with E-state index in [0.29, 0.717) is 6.54 Å². The molecule has 0 radical (unpaired) electrons. The van der Waals surface area contributed by atoms with Gasteiger partial charge in [0, 0.05) is 18.3 Å². The van der Waals surface area contributed by atoms with E-state index in [2.05, 4.69) is 54.6 Å². The molecule has 0 bridgehead atoms. The zero-order chi connectivity index (χ0) is 13.4. The molecule has 0 aromatic carbocycles. The zero-order valence-corrected chi connectivity index (χ0v) is 13.3. The van der Waals surface area contributed by atoms with Crippen molar-refractivity contribution in [2.24, 2.45) is 5.73 Å². The number of rotatable bonds is 1. The molecule has 0 saturated carbocycles. The maximum atomic E-state index is 11.9. The average molecular weight is 361 g/mol. The second-order valence-corrected chi connectivity index (χ2v) is 6.32. The highest BCUT2D eigenvalue weighted by atomic mass is 127. The molecule has 100 valence electrons. The van der Waals surface area contributed by atoms with Crippen molar-refractivity contribution in [2.75, 3.05) is 13.1 Å². The number of hydrogen-bond acceptors (Lipinski definition) is 3. The van der Waals surface area contributed by atoms with Crippen molar-refractivity contribution >= 4 is 28.8 Å². The summed E-state index contributed by atoms with van der Waals surface area (Å²) in [4.78, 5) is 14.1. The Morgan fingerprint density at radius 3 is 2.67 bits per heavy atom. The molecule has 5 heteroatoms. The Bertz CT molecular complexity index is 430. The third kappa shape index (κ3) is 2.56. The van der Waals surface area contributed by atoms with E-state index >= 15 is 0 Å². The number of carbonyl (C=O) groups is 1. The minimum atomic E-state index is 0.118. The molecule has 1 heterocycles. The van der Waals surface area contributed by atoms with Crippen LogP contribution in [0.1, 0.15) is 27.2 Å². The van der Waals surface area contributed by atoms with Crippen molar-refractivity contribution in [2.45, 2.75) is 39.3 Å². The molecule has 2 aliphatic rings. The van der Waals surface area contributed by atoms with Crippen LogP contribution in [0, 0.1) is 0 Å². The molecule has 1 saturated heterocycles. The fraction of sp³-hybridized carbons (Fsp3) is 0.615. The zero-order valence-electron chi connectivity index (χ0n) is 11.1. The van der Waals surface area contributed by atoms with Gasteiger partial charge in [-0.05, 0) is 38.3 Å². The smallest absolute Gasteiger partial charge is 0.251 e. The van der Waals surface area contributed by atoms with Crippen LogP contribution in [0.3, 0.4) is 0 Å². The molecule has 0 spiro atoms. The highest BCUT2D eigenvalue weighted by Crippen LogP contribution is 2.29. The van der Waals surface area contributed by atoms with Crippen LogP contribution in [0.15, 0.2) is 22.9 Å². The maximum absolute atomic E-state index is 11.9. The molecule has 2 rings (SSSR count). The Balaban J connectivity index is 2.25. The first-order valence-electron chi connectivity index (χ1n) is 6.27. The van der Waals surface area contributed by atoms with Gasteiger partial charge in [-0.2, -0.15) is 0 Å². The van der Waals surface area contributed by atoms with Gasteiger partial charge in [-0.15, -0.1) is 0 Å². The van der Waals surface area contributed by atoms with E-state index in [4.69, 9.17) is 5.73 Å². The van der Waals surface area contributed by atoms with Gasteiger partial charge in [0.05, 0.1) is 35.5 Å². The normalized spacial score (nSPS) is 29.8. The molecule has 2 N–H and O–H groups in total. The SMILES string of the molecule is CC1=CC(N)CC(C)=C1N1CC(=O)N(I)C(C)C1. The van der Waals surface area contributed by atoms with Crippen LogP contribution in [0.2, 0.25) is 0 Å². The lowest BCUT2D eigenvalue weighted by atomic mass is 9.93. The van der Waals surface area contributed by atoms with E-state index in [0.717, 1.165) is 13.0 Å². The van der Waals surface area contributed by atoms with Crippen LogP contribution >= 0.6 is 22.9 Å². The largest absolute Gasteiger partial charge is 0.360 e. The summed E-state index contributed by atoms with van der Waals surface area (Å²) in [5, 5.41) is 0. The lowest BCUT2D eigenvalue weighted by Crippen LogP contribution is -2.51. The lowest BCUT2D eigenvalue weighted by molar-refractivity contribution is -0.129. The van der Waals surface area contributed by atoms with Gasteiger partial charge in [0.1, 0.15) is 0 Å². The first-order chi connectivity index (χ1) is 8.40. The highest BCUT2D eigenvalue weighted by Gasteiger charge is 2.31. The minimum Gasteiger partial charge on any atom is -0.360 e. The number of nitrogens with zero attached hydrogens (tertiary/aromatic N) is 2. The fourth-order valence-electron chi connectivity index (χ4n) is 2.87. The molecular formula is C13H20IN3O. The molecule has 18 heavy (non-hydrogen) atoms. The van der Waals surface area contributed by atoms with E-state index in [1.165, 1.54) is 16.8 Å². The van der Waals surface area contributed by atoms with Crippen molar-refractivity contribution in [1.82, 2.24) is 8.01 Å². The summed E-state index contributed by atoms with van der Waals surface area (Å²) in [6.07, 6.45) is 2.99. The van der Waals surface area contributed by atoms with Crippen molar-refractivity contribution in [1.29, 1.82) is 0 Å². The summed E-state index contributed by atoms with van der Waals surface area (Å²) in [5.74, 6) is 0.178. The van der Waals surface area contributed by atoms with E-state index < -0.39 is 0 Å². The van der Waals surface area contributed by atoms with Gasteiger partial charge < -0.3 is 10.6 Å². The predicted molar refractivity (Wildman–Crippen MR) is 81.0 cm³/mol. The number of amides is 1. The molecule has 1 fully saturated rings. The van der Waals surface area contributed by atoms with Crippen LogP contribution < -0.4 is 5.73 Å². The van der Waals surface area contributed by atoms with E-state index in [9.17, 15) is 4.79 Å². The van der Waals surface area contributed by atoms with Crippen molar-refractivity contribution in [3.8, 4) is 0 Å². The first kappa shape index (κ1) is 13.9. The standard InChI is InChI=1S/C13H20IN3O/c1-8-4-11(15)5-9(2)13(8)16-6-10(3)17(14)12(18)7-16/h4,10-11H,5-7,15H2,1-3H3. The van der Waals surface area contributed by atoms with Crippen LogP contribution in [0.5, 0.6) is 0 Å². The van der Waals surface area contributed by atoms with Gasteiger partial charge in [-0.3, -0.25) is 7.91 Å². The van der Waals surface area contributed by atoms with Gasteiger partial charge in [0.15, 0.2) is 0 Å². The fourth-order valence-corrected chi connectivity index (χ4v) is 3.20. The summed E-state index contributed by atoms with van der Waals surface area (Å²) >= 11 is 2.11. The van der Waals surface area contributed by atoms with Crippen LogP contribution in [-0.2, 0) is 4.79 Å². The Morgan fingerprint density at radius 2 is 2.11 bits per heavy atom. The van der Waals surface area contributed by atoms with Gasteiger partial charge in [-0.1, -0.05) is 6.08 Å². The van der Waals surface area contributed by atoms with Crippen LogP contribution in [0.25, 0.3) is 0 Å². The number of hydrogen-bond donors (Lipinski definition) is 1. The van der Waals surface area contributed by atoms with Gasteiger partial charge in [-0.25, -0.2) is 0 Å². The Kier molecular flexibility index (Phi) is 4.01. The van der Waals surface area contributed by atoms with Crippen molar-refractivity contribution < 1.29 is 4.79 Å². The van der Waals surface area contributed by atoms with E-state index in [-0.39, 0.29) is 18.0 Å². The van der Waals surface area contributed by atoms with Crippen molar-refractivity contribution in [3.63, 3.8) is 0 Å². The third-order valence-corrected chi connectivity index (χ3v) is 5.02. The van der Waals surface area contributed by atoms with Crippen molar-refractivity contribution in [3.05, 3.63) is 22.9 Å². The summed E-state index contributed by atoms with van der Waals surface area (Å²) in [6, 6.07) is 0.364. The van der Waals surface area contributed by atoms with E-state index in [1.807, 2.05) is 0 Å². The Labute approximate surface area is 122 Å². The third-order valence-electron chi connectivity index (χ3n) is 3.54. The molecular weight excluding hydrogens is 341 g/mol. The Morgan fingerprint density at radius 1 is 1.44 bits per heavy atom. The first-order valence-corrected chi connectivity index (χ1v) is 7.23. The molecule has 2 unspecified atom stereocenters. The van der Waals surface area contributed by atoms with Crippen LogP contribution in [0.4, 0.5) is 0 Å². The molecule has 1 aliphatic heterocycles. The summed E-state index contributed by atoms with van der Waals surface area (Å²) in [6.45, 7) is 7.66. The van der Waals surface area contributed by atoms with E-state index in [1.54, 1.807) is 3.11 Å². The molecule has 4 nitrogen and oxygen atoms in total. The number of nitrogens with two attached hydrogens (primary N) is 1. The number of piperazine rings is 1. The monoisotopic (exact) mass is 361 g/mol. The quantitative estimate of drug-likeness (QED) is 0.573. The molecule has 1 amide bonds. The minimum absolute atomic E-state index is 0.118. The highest BCUT2D eigenvalue weighted by molar-refractivity contribution is 14.1. The summed E-state index contributed by atoms with van der Waals surface area (Å²) in [5.41, 5.74) is 9.70. The maximum Gasteiger partial charge on any atom is 0.251 e. The molecule has 0 aromatic rings. The van der Waals surface area contributed by atoms with Gasteiger partial charge in [0.2, 0.25) is 0 Å². The van der Waals surface area contributed by atoms with Gasteiger partial charge in [0.25, 0.3) is 5.91 Å². The lowest BCUT2D eigenvalue weighted by Gasteiger charge is -2.40. The number of halogens is 1. The predicted octanol–water partition coefficient (Wildman–Crippen LogP) is 1.82. The summed E-state index contributed by atoms with van der Waals surface area (Å²) < 4.78 is 1.80. The number of allylic oxidation sites excluding steroid dienone is 1. The van der Waals surface area contributed by atoms with Crippen LogP contribution in [-0.4, -0.2) is 39.1 Å². The topological polar surface area (TPSA) is 49.6 Å². The second kappa shape index (κ2) is 5.21. The number of carbonyl (C=O) groups excluding carboxylic acids is 1.